The van der Waals surface area contributed by atoms with Crippen molar-refractivity contribution in [1.82, 2.24) is 0 Å². The minimum absolute atomic E-state index is 0.0865. The van der Waals surface area contributed by atoms with Crippen LogP contribution in [0.1, 0.15) is 44.6 Å². The van der Waals surface area contributed by atoms with E-state index in [2.05, 4.69) is 28.2 Å². The van der Waals surface area contributed by atoms with Crippen LogP contribution in [0, 0.1) is 12.3 Å². The molecule has 0 bridgehead atoms. The van der Waals surface area contributed by atoms with E-state index in [0.29, 0.717) is 11.4 Å². The number of hydrogen-bond acceptors (Lipinski definition) is 2. The number of nitrogens with one attached hydrogen (secondary N) is 1. The molecule has 1 aromatic rings. The summed E-state index contributed by atoms with van der Waals surface area (Å²) in [5.74, 6) is 0.0865. The first kappa shape index (κ1) is 14.4. The van der Waals surface area contributed by atoms with Crippen LogP contribution in [0.2, 0.25) is 0 Å². The molecule has 104 valence electrons. The molecule has 0 saturated heterocycles. The molecule has 1 aliphatic rings. The fraction of sp³-hybridized carbons (Fsp3) is 0.533. The molecule has 3 nitrogen and oxygen atoms in total. The fourth-order valence-corrected chi connectivity index (χ4v) is 3.41. The first-order chi connectivity index (χ1) is 8.92. The number of nitrogens with two attached hydrogens (primary N) is 1. The van der Waals surface area contributed by atoms with Crippen molar-refractivity contribution in [2.45, 2.75) is 46.0 Å². The molecule has 2 rings (SSSR count). The van der Waals surface area contributed by atoms with Gasteiger partial charge in [0.15, 0.2) is 0 Å². The summed E-state index contributed by atoms with van der Waals surface area (Å²) in [5, 5.41) is 3.01. The lowest BCUT2D eigenvalue weighted by molar-refractivity contribution is -0.126. The predicted octanol–water partition coefficient (Wildman–Crippen LogP) is 4.25. The normalized spacial score (nSPS) is 18.1. The number of rotatable bonds is 2. The Kier molecular flexibility index (Phi) is 4.19. The molecule has 1 amide bonds. The molecule has 1 aromatic carbocycles. The van der Waals surface area contributed by atoms with E-state index in [1.54, 1.807) is 0 Å². The van der Waals surface area contributed by atoms with Crippen molar-refractivity contribution < 1.29 is 4.79 Å². The number of benzene rings is 1. The van der Waals surface area contributed by atoms with Crippen LogP contribution in [0.25, 0.3) is 0 Å². The Balaban J connectivity index is 2.19. The van der Waals surface area contributed by atoms with Crippen molar-refractivity contribution in [1.29, 1.82) is 0 Å². The van der Waals surface area contributed by atoms with Gasteiger partial charge in [-0.25, -0.2) is 0 Å². The summed E-state index contributed by atoms with van der Waals surface area (Å²) < 4.78 is 0.845. The lowest BCUT2D eigenvalue weighted by atomic mass is 9.75. The van der Waals surface area contributed by atoms with Gasteiger partial charge in [-0.3, -0.25) is 4.79 Å². The van der Waals surface area contributed by atoms with Crippen LogP contribution >= 0.6 is 15.9 Å². The lowest BCUT2D eigenvalue weighted by Crippen LogP contribution is -2.35. The van der Waals surface area contributed by atoms with Crippen molar-refractivity contribution in [3.8, 4) is 0 Å². The summed E-state index contributed by atoms with van der Waals surface area (Å²) >= 11 is 3.47. The van der Waals surface area contributed by atoms with E-state index in [0.717, 1.165) is 35.7 Å². The third-order valence-electron chi connectivity index (χ3n) is 4.01. The van der Waals surface area contributed by atoms with E-state index in [9.17, 15) is 4.79 Å². The van der Waals surface area contributed by atoms with Crippen LogP contribution < -0.4 is 11.1 Å². The van der Waals surface area contributed by atoms with Crippen molar-refractivity contribution in [3.63, 3.8) is 0 Å². The highest BCUT2D eigenvalue weighted by Gasteiger charge is 2.34. The predicted molar refractivity (Wildman–Crippen MR) is 83.1 cm³/mol. The van der Waals surface area contributed by atoms with Gasteiger partial charge in [0.2, 0.25) is 5.91 Å². The van der Waals surface area contributed by atoms with Gasteiger partial charge in [-0.2, -0.15) is 0 Å². The Morgan fingerprint density at radius 1 is 1.32 bits per heavy atom. The molecule has 4 heteroatoms. The zero-order valence-corrected chi connectivity index (χ0v) is 13.1. The zero-order chi connectivity index (χ0) is 14.0. The Bertz CT molecular complexity index is 470. The van der Waals surface area contributed by atoms with Crippen molar-refractivity contribution >= 4 is 33.2 Å². The average molecular weight is 325 g/mol. The maximum absolute atomic E-state index is 12.5. The molecule has 0 heterocycles. The zero-order valence-electron chi connectivity index (χ0n) is 11.6. The van der Waals surface area contributed by atoms with Gasteiger partial charge in [-0.1, -0.05) is 26.2 Å². The van der Waals surface area contributed by atoms with Crippen LogP contribution in [0.15, 0.2) is 16.6 Å². The molecule has 3 N–H and O–H groups in total. The van der Waals surface area contributed by atoms with E-state index in [-0.39, 0.29) is 11.3 Å². The summed E-state index contributed by atoms with van der Waals surface area (Å²) in [7, 11) is 0. The molecular weight excluding hydrogens is 304 g/mol. The highest BCUT2D eigenvalue weighted by atomic mass is 79.9. The minimum Gasteiger partial charge on any atom is -0.397 e. The van der Waals surface area contributed by atoms with E-state index < -0.39 is 0 Å². The third-order valence-corrected chi connectivity index (χ3v) is 4.63. The Hall–Kier alpha value is -1.03. The van der Waals surface area contributed by atoms with E-state index in [1.807, 2.05) is 19.1 Å². The summed E-state index contributed by atoms with van der Waals surface area (Å²) in [4.78, 5) is 12.5. The third kappa shape index (κ3) is 3.11. The highest BCUT2D eigenvalue weighted by molar-refractivity contribution is 9.10. The summed E-state index contributed by atoms with van der Waals surface area (Å²) in [5.41, 5.74) is 8.13. The molecule has 1 saturated carbocycles. The number of anilines is 2. The quantitative estimate of drug-likeness (QED) is 0.799. The number of carbonyl (C=O) groups excluding carboxylic acids is 1. The highest BCUT2D eigenvalue weighted by Crippen LogP contribution is 2.38. The Morgan fingerprint density at radius 3 is 2.53 bits per heavy atom. The van der Waals surface area contributed by atoms with Gasteiger partial charge >= 0.3 is 0 Å². The van der Waals surface area contributed by atoms with Crippen LogP contribution in [0.3, 0.4) is 0 Å². The number of carbonyl (C=O) groups is 1. The Morgan fingerprint density at radius 2 is 1.95 bits per heavy atom. The molecule has 0 aromatic heterocycles. The summed E-state index contributed by atoms with van der Waals surface area (Å²) in [6, 6.07) is 3.85. The summed E-state index contributed by atoms with van der Waals surface area (Å²) in [6.07, 6.45) is 5.42. The maximum Gasteiger partial charge on any atom is 0.230 e. The van der Waals surface area contributed by atoms with Gasteiger partial charge in [-0.05, 0) is 53.4 Å². The Labute approximate surface area is 123 Å². The smallest absolute Gasteiger partial charge is 0.230 e. The topological polar surface area (TPSA) is 55.1 Å². The summed E-state index contributed by atoms with van der Waals surface area (Å²) in [6.45, 7) is 4.04. The number of halogens is 1. The SMILES string of the molecule is Cc1cc(N)c(NC(=O)C2(C)CCCCC2)c(Br)c1. The monoisotopic (exact) mass is 324 g/mol. The van der Waals surface area contributed by atoms with Crippen molar-refractivity contribution in [2.24, 2.45) is 5.41 Å². The lowest BCUT2D eigenvalue weighted by Gasteiger charge is -2.32. The fourth-order valence-electron chi connectivity index (χ4n) is 2.72. The number of amides is 1. The molecule has 0 atom stereocenters. The van der Waals surface area contributed by atoms with Crippen LogP contribution in [-0.2, 0) is 4.79 Å². The largest absolute Gasteiger partial charge is 0.397 e. The molecule has 0 unspecified atom stereocenters. The molecule has 19 heavy (non-hydrogen) atoms. The number of hydrogen-bond donors (Lipinski definition) is 2. The second kappa shape index (κ2) is 5.53. The van der Waals surface area contributed by atoms with Crippen molar-refractivity contribution in [3.05, 3.63) is 22.2 Å². The minimum atomic E-state index is -0.255. The van der Waals surface area contributed by atoms with Crippen LogP contribution in [-0.4, -0.2) is 5.91 Å². The molecule has 0 radical (unpaired) electrons. The van der Waals surface area contributed by atoms with Gasteiger partial charge in [-0.15, -0.1) is 0 Å². The molecule has 0 aliphatic heterocycles. The second-order valence-corrected chi connectivity index (χ2v) is 6.64. The van der Waals surface area contributed by atoms with E-state index in [4.69, 9.17) is 5.73 Å². The second-order valence-electron chi connectivity index (χ2n) is 5.79. The molecule has 1 aliphatic carbocycles. The average Bonchev–Trinajstić information content (AvgIpc) is 2.34. The van der Waals surface area contributed by atoms with E-state index >= 15 is 0 Å². The van der Waals surface area contributed by atoms with E-state index in [1.165, 1.54) is 6.42 Å². The van der Waals surface area contributed by atoms with Crippen LogP contribution in [0.5, 0.6) is 0 Å². The first-order valence-corrected chi connectivity index (χ1v) is 7.59. The van der Waals surface area contributed by atoms with Gasteiger partial charge in [0.25, 0.3) is 0 Å². The molecular formula is C15H21BrN2O. The molecule has 1 fully saturated rings. The first-order valence-electron chi connectivity index (χ1n) is 6.79. The molecule has 0 spiro atoms. The van der Waals surface area contributed by atoms with Gasteiger partial charge in [0, 0.05) is 9.89 Å². The van der Waals surface area contributed by atoms with Crippen molar-refractivity contribution in [2.75, 3.05) is 11.1 Å². The number of nitrogen functional groups attached to an aromatic ring is 1. The number of aryl methyl sites for hydroxylation is 1. The van der Waals surface area contributed by atoms with Gasteiger partial charge in [0.05, 0.1) is 11.4 Å². The van der Waals surface area contributed by atoms with Gasteiger partial charge in [0.1, 0.15) is 0 Å². The standard InChI is InChI=1S/C15H21BrN2O/c1-10-8-11(16)13(12(17)9-10)18-14(19)15(2)6-4-3-5-7-15/h8-9H,3-7,17H2,1-2H3,(H,18,19). The maximum atomic E-state index is 12.5. The van der Waals surface area contributed by atoms with Crippen LogP contribution in [0.4, 0.5) is 11.4 Å². The van der Waals surface area contributed by atoms with Gasteiger partial charge < -0.3 is 11.1 Å².